The summed E-state index contributed by atoms with van der Waals surface area (Å²) in [6, 6.07) is 0. The Morgan fingerprint density at radius 1 is 0.633 bits per heavy atom. The van der Waals surface area contributed by atoms with Crippen LogP contribution >= 0.6 is 0 Å². The van der Waals surface area contributed by atoms with Gasteiger partial charge in [-0.25, -0.2) is 4.79 Å². The van der Waals surface area contributed by atoms with Gasteiger partial charge in [-0.15, -0.1) is 0 Å². The molecule has 21 heteroatoms. The highest BCUT2D eigenvalue weighted by Gasteiger charge is 2.56. The number of carbonyl (C=O) groups excluding carboxylic acids is 2. The summed E-state index contributed by atoms with van der Waals surface area (Å²) in [7, 11) is 0. The average molecular weight is 866 g/mol. The van der Waals surface area contributed by atoms with Gasteiger partial charge in [0.1, 0.15) is 74.6 Å². The third-order valence-electron chi connectivity index (χ3n) is 12.9. The number of aliphatic carboxylic acids is 1. The number of esters is 2. The number of carboxylic acids is 1. The van der Waals surface area contributed by atoms with Crippen molar-refractivity contribution >= 4 is 17.9 Å². The molecule has 0 amide bonds. The van der Waals surface area contributed by atoms with Crippen molar-refractivity contribution in [3.63, 3.8) is 0 Å². The molecule has 0 aromatic heterocycles. The van der Waals surface area contributed by atoms with E-state index in [2.05, 4.69) is 0 Å². The summed E-state index contributed by atoms with van der Waals surface area (Å²) < 4.78 is 39.3. The molecule has 60 heavy (non-hydrogen) atoms. The Balaban J connectivity index is 1.08. The molecule has 3 saturated heterocycles. The van der Waals surface area contributed by atoms with Crippen LogP contribution in [0.4, 0.5) is 0 Å². The highest BCUT2D eigenvalue weighted by atomic mass is 16.7. The van der Waals surface area contributed by atoms with Crippen LogP contribution in [0.5, 0.6) is 0 Å². The Hall–Kier alpha value is -2.45. The number of hydrogen-bond donors (Lipinski definition) is 11. The Morgan fingerprint density at radius 2 is 1.25 bits per heavy atom. The summed E-state index contributed by atoms with van der Waals surface area (Å²) in [6.45, 7) is -1.14. The second-order valence-corrected chi connectivity index (χ2v) is 17.1. The molecular formula is C39H61O21+. The van der Waals surface area contributed by atoms with Crippen LogP contribution in [-0.2, 0) is 42.8 Å². The summed E-state index contributed by atoms with van der Waals surface area (Å²) in [4.78, 5) is 35.2. The first-order chi connectivity index (χ1) is 28.5. The summed E-state index contributed by atoms with van der Waals surface area (Å²) in [5.74, 6) is -4.07. The molecule has 342 valence electrons. The smallest absolute Gasteiger partial charge is 0.330 e. The zero-order valence-electron chi connectivity index (χ0n) is 33.0. The van der Waals surface area contributed by atoms with E-state index in [1.54, 1.807) is 6.08 Å². The molecule has 0 spiro atoms. The van der Waals surface area contributed by atoms with E-state index in [0.717, 1.165) is 0 Å². The van der Waals surface area contributed by atoms with Gasteiger partial charge >= 0.3 is 17.9 Å². The maximum atomic E-state index is 12.5. The van der Waals surface area contributed by atoms with Crippen molar-refractivity contribution in [2.45, 2.75) is 181 Å². The Bertz CT molecular complexity index is 1460. The molecule has 19 unspecified atom stereocenters. The van der Waals surface area contributed by atoms with E-state index in [9.17, 15) is 65.4 Å². The predicted octanol–water partition coefficient (Wildman–Crippen LogP) is -4.00. The minimum Gasteiger partial charge on any atom is -0.481 e. The summed E-state index contributed by atoms with van der Waals surface area (Å²) >= 11 is 0. The van der Waals surface area contributed by atoms with E-state index in [-0.39, 0.29) is 37.5 Å². The molecule has 12 N–H and O–H groups in total. The number of hydrogen-bond acceptors (Lipinski definition) is 19. The molecular weight excluding hydrogens is 804 g/mol. The number of fused-ring (bicyclic) bond motifs is 1. The average Bonchev–Trinajstić information content (AvgIpc) is 3.20. The van der Waals surface area contributed by atoms with Crippen molar-refractivity contribution in [3.8, 4) is 0 Å². The van der Waals surface area contributed by atoms with Crippen molar-refractivity contribution in [1.29, 1.82) is 0 Å². The molecule has 0 bridgehead atoms. The molecule has 3 aliphatic heterocycles. The van der Waals surface area contributed by atoms with Crippen LogP contribution in [0, 0.1) is 17.8 Å². The molecule has 0 radical (unpaired) electrons. The maximum absolute atomic E-state index is 12.5. The highest BCUT2D eigenvalue weighted by molar-refractivity contribution is 5.90. The molecule has 21 nitrogen and oxygen atoms in total. The second kappa shape index (κ2) is 20.8. The van der Waals surface area contributed by atoms with Gasteiger partial charge in [-0.3, -0.25) is 9.59 Å². The normalized spacial score (nSPS) is 46.3. The van der Waals surface area contributed by atoms with Gasteiger partial charge in [-0.1, -0.05) is 6.08 Å². The number of carboxylic acid groups (broad SMARTS) is 1. The number of ether oxygens (including phenoxy) is 7. The molecule has 3 saturated carbocycles. The van der Waals surface area contributed by atoms with Gasteiger partial charge in [-0.2, -0.15) is 0 Å². The van der Waals surface area contributed by atoms with Gasteiger partial charge in [0, 0.05) is 24.8 Å². The fourth-order valence-corrected chi connectivity index (χ4v) is 9.38. The van der Waals surface area contributed by atoms with Crippen molar-refractivity contribution in [2.75, 3.05) is 13.2 Å². The summed E-state index contributed by atoms with van der Waals surface area (Å²) in [5.41, 5.74) is 0. The topological polar surface area (TPSA) is 342 Å². The lowest BCUT2D eigenvalue weighted by Crippen LogP contribution is -2.63. The minimum absolute atomic E-state index is 0.0313. The Kier molecular flexibility index (Phi) is 16.3. The molecule has 19 atom stereocenters. The van der Waals surface area contributed by atoms with E-state index in [1.165, 1.54) is 6.08 Å². The second-order valence-electron chi connectivity index (χ2n) is 17.1. The zero-order valence-corrected chi connectivity index (χ0v) is 33.0. The lowest BCUT2D eigenvalue weighted by molar-refractivity contribution is -0.361. The van der Waals surface area contributed by atoms with E-state index >= 15 is 0 Å². The largest absolute Gasteiger partial charge is 0.481 e. The van der Waals surface area contributed by atoms with Gasteiger partial charge in [0.05, 0.1) is 36.4 Å². The number of allylic oxidation sites excluding steroid dienone is 1. The van der Waals surface area contributed by atoms with Crippen LogP contribution < -0.4 is 0 Å². The summed E-state index contributed by atoms with van der Waals surface area (Å²) in [6.07, 6.45) is -16.3. The van der Waals surface area contributed by atoms with Crippen LogP contribution in [0.25, 0.3) is 0 Å². The Labute approximate surface area is 345 Å². The molecule has 6 rings (SSSR count). The lowest BCUT2D eigenvalue weighted by Gasteiger charge is -2.49. The van der Waals surface area contributed by atoms with Crippen LogP contribution in [-0.4, -0.2) is 202 Å². The number of rotatable bonds is 13. The fourth-order valence-electron chi connectivity index (χ4n) is 9.38. The van der Waals surface area contributed by atoms with Crippen LogP contribution in [0.1, 0.15) is 70.6 Å². The van der Waals surface area contributed by atoms with Gasteiger partial charge in [0.15, 0.2) is 24.8 Å². The highest BCUT2D eigenvalue weighted by Crippen LogP contribution is 2.43. The third-order valence-corrected chi connectivity index (χ3v) is 12.9. The van der Waals surface area contributed by atoms with Crippen molar-refractivity contribution in [1.82, 2.24) is 0 Å². The van der Waals surface area contributed by atoms with E-state index in [0.29, 0.717) is 38.5 Å². The van der Waals surface area contributed by atoms with Gasteiger partial charge in [0.2, 0.25) is 0 Å². The van der Waals surface area contributed by atoms with Crippen LogP contribution in [0.3, 0.4) is 0 Å². The van der Waals surface area contributed by atoms with Crippen LogP contribution in [0.2, 0.25) is 0 Å². The molecule has 3 heterocycles. The van der Waals surface area contributed by atoms with Crippen molar-refractivity contribution in [2.24, 2.45) is 17.8 Å². The standard InChI is InChI=1S/C39H60O21/c40-18-5-3-17(4-6-18)37-25(58-39-36(53)34(51)32(49)27(60-39)15-55-30(47)13-28(44)45)12-20-22(42)10-19(11-24(20)57-37)56-38-35(52)33(50)31(48)26(59-38)14-54-29(46)8-2-16-1-7-21(41)23(43)9-16/h2,8,16-27,31-43,48-53H,1,3-7,9-15H2,(H,44,45)/p+1. The van der Waals surface area contributed by atoms with E-state index < -0.39 is 154 Å². The predicted molar refractivity (Wildman–Crippen MR) is 197 cm³/mol. The third kappa shape index (κ3) is 11.6. The van der Waals surface area contributed by atoms with Gasteiger partial charge < -0.3 is 89.3 Å². The fraction of sp³-hybridized carbons (Fsp3) is 0.872. The monoisotopic (exact) mass is 865 g/mol. The van der Waals surface area contributed by atoms with Gasteiger partial charge in [-0.05, 0) is 57.3 Å². The first-order valence-corrected chi connectivity index (χ1v) is 20.8. The Morgan fingerprint density at radius 3 is 1.87 bits per heavy atom. The van der Waals surface area contributed by atoms with Gasteiger partial charge in [0.25, 0.3) is 0 Å². The minimum atomic E-state index is -1.79. The SMILES string of the molecule is O=C(O)CC(=O)OCC1OC(OC2CC3C(O)CC(OC4OC(COC(=O)C=CC5CCC(O)C(O)C5)C(O)C(O)C4O)CC3[OH+]C2C2CCC(O)CC2)C(O)C(O)C1O. The molecule has 0 aromatic rings. The zero-order chi connectivity index (χ0) is 43.4. The molecule has 3 aliphatic carbocycles. The number of aliphatic hydroxyl groups is 12. The van der Waals surface area contributed by atoms with E-state index in [1.807, 2.05) is 0 Å². The first kappa shape index (κ1) is 47.0. The van der Waals surface area contributed by atoms with Crippen molar-refractivity contribution < 1.29 is 104 Å². The first-order valence-electron chi connectivity index (χ1n) is 20.8. The van der Waals surface area contributed by atoms with Crippen molar-refractivity contribution in [3.05, 3.63) is 12.2 Å². The molecule has 6 fully saturated rings. The molecule has 0 aromatic carbocycles. The quantitative estimate of drug-likeness (QED) is 0.0364. The maximum Gasteiger partial charge on any atom is 0.330 e. The lowest BCUT2D eigenvalue weighted by atomic mass is 9.73. The number of carbonyl (C=O) groups is 3. The summed E-state index contributed by atoms with van der Waals surface area (Å²) in [5, 5.41) is 115. The van der Waals surface area contributed by atoms with E-state index in [4.69, 9.17) is 38.3 Å². The number of aliphatic hydroxyl groups excluding tert-OH is 10. The molecule has 6 aliphatic rings. The van der Waals surface area contributed by atoms with Crippen LogP contribution in [0.15, 0.2) is 12.2 Å².